The fourth-order valence-corrected chi connectivity index (χ4v) is 6.56. The zero-order valence-electron chi connectivity index (χ0n) is 17.8. The van der Waals surface area contributed by atoms with Crippen molar-refractivity contribution < 1.29 is 17.9 Å². The second-order valence-corrected chi connectivity index (χ2v) is 10.9. The van der Waals surface area contributed by atoms with Gasteiger partial charge in [0, 0.05) is 32.8 Å². The molecule has 1 amide bonds. The van der Waals surface area contributed by atoms with Gasteiger partial charge in [0.05, 0.1) is 12.4 Å². The first kappa shape index (κ1) is 22.9. The first-order chi connectivity index (χ1) is 13.9. The zero-order valence-corrected chi connectivity index (χ0v) is 18.6. The number of hydrogen-bond donors (Lipinski definition) is 2. The Labute approximate surface area is 175 Å². The highest BCUT2D eigenvalue weighted by atomic mass is 32.2. The number of methoxy groups -OCH3 is 1. The van der Waals surface area contributed by atoms with Crippen LogP contribution in [0.1, 0.15) is 51.4 Å². The first-order valence-electron chi connectivity index (χ1n) is 11.1. The highest BCUT2D eigenvalue weighted by Gasteiger charge is 2.52. The molecule has 0 aliphatic carbocycles. The van der Waals surface area contributed by atoms with Gasteiger partial charge in [-0.1, -0.05) is 0 Å². The topological polar surface area (TPSA) is 105 Å². The summed E-state index contributed by atoms with van der Waals surface area (Å²) in [5.41, 5.74) is 5.20. The number of carbonyl (C=O) groups is 1. The lowest BCUT2D eigenvalue weighted by Gasteiger charge is -2.42. The molecule has 3 N–H and O–H groups in total. The van der Waals surface area contributed by atoms with Gasteiger partial charge in [-0.25, -0.2) is 13.1 Å². The number of amides is 1. The second kappa shape index (κ2) is 10.0. The summed E-state index contributed by atoms with van der Waals surface area (Å²) >= 11 is 0. The molecule has 2 bridgehead atoms. The normalized spacial score (nSPS) is 29.3. The lowest BCUT2D eigenvalue weighted by molar-refractivity contribution is -0.131. The Balaban J connectivity index is 1.39. The molecular weight excluding hydrogens is 392 g/mol. The van der Waals surface area contributed by atoms with Crippen LogP contribution in [0, 0.1) is 5.92 Å². The summed E-state index contributed by atoms with van der Waals surface area (Å²) in [7, 11) is -1.58. The highest BCUT2D eigenvalue weighted by molar-refractivity contribution is 7.89. The van der Waals surface area contributed by atoms with Gasteiger partial charge in [-0.15, -0.1) is 0 Å². The van der Waals surface area contributed by atoms with E-state index in [1.54, 1.807) is 7.11 Å². The molecule has 0 saturated carbocycles. The number of sulfonamides is 1. The van der Waals surface area contributed by atoms with Crippen LogP contribution in [-0.2, 0) is 19.6 Å². The second-order valence-electron chi connectivity index (χ2n) is 8.97. The van der Waals surface area contributed by atoms with Crippen LogP contribution in [0.5, 0.6) is 0 Å². The molecule has 168 valence electrons. The zero-order chi connectivity index (χ0) is 20.9. The van der Waals surface area contributed by atoms with Gasteiger partial charge in [0.2, 0.25) is 15.9 Å². The van der Waals surface area contributed by atoms with Gasteiger partial charge in [-0.2, -0.15) is 0 Å². The van der Waals surface area contributed by atoms with Gasteiger partial charge >= 0.3 is 0 Å². The molecule has 0 unspecified atom stereocenters. The van der Waals surface area contributed by atoms with Crippen LogP contribution >= 0.6 is 0 Å². The van der Waals surface area contributed by atoms with Gasteiger partial charge in [0.25, 0.3) is 0 Å². The van der Waals surface area contributed by atoms with E-state index in [1.807, 2.05) is 0 Å². The molecule has 3 aliphatic rings. The summed E-state index contributed by atoms with van der Waals surface area (Å²) in [6.45, 7) is 4.85. The average Bonchev–Trinajstić information content (AvgIpc) is 2.90. The van der Waals surface area contributed by atoms with Crippen molar-refractivity contribution in [2.24, 2.45) is 11.7 Å². The number of primary amides is 1. The lowest BCUT2D eigenvalue weighted by atomic mass is 9.87. The van der Waals surface area contributed by atoms with E-state index in [2.05, 4.69) is 14.5 Å². The van der Waals surface area contributed by atoms with E-state index in [-0.39, 0.29) is 11.7 Å². The standard InChI is InChI=1S/C20H38N4O4S/c1-28-14-13-23-11-6-17(7-12-23)16-22-29(26,27)15-3-10-24-18-4-2-8-20(24,9-5-18)19(21)25/h17-18,22H,2-16H2,1H3,(H2,21,25)/t18-,20+/m1/s1. The molecule has 0 aromatic rings. The molecule has 2 atom stereocenters. The monoisotopic (exact) mass is 430 g/mol. The van der Waals surface area contributed by atoms with Crippen molar-refractivity contribution in [3.8, 4) is 0 Å². The van der Waals surface area contributed by atoms with Crippen LogP contribution in [0.3, 0.4) is 0 Å². The van der Waals surface area contributed by atoms with E-state index < -0.39 is 15.6 Å². The van der Waals surface area contributed by atoms with E-state index in [0.29, 0.717) is 31.5 Å². The van der Waals surface area contributed by atoms with Crippen molar-refractivity contribution in [1.82, 2.24) is 14.5 Å². The molecular formula is C20H38N4O4S. The SMILES string of the molecule is COCCN1CCC(CNS(=O)(=O)CCCN2[C@@H]3CCC[C@@]2(C(N)=O)CC3)CC1. The van der Waals surface area contributed by atoms with Crippen LogP contribution < -0.4 is 10.5 Å². The highest BCUT2D eigenvalue weighted by Crippen LogP contribution is 2.43. The van der Waals surface area contributed by atoms with E-state index in [1.165, 1.54) is 0 Å². The predicted octanol–water partition coefficient (Wildman–Crippen LogP) is 0.527. The summed E-state index contributed by atoms with van der Waals surface area (Å²) in [6, 6.07) is 0.384. The van der Waals surface area contributed by atoms with Crippen LogP contribution in [-0.4, -0.2) is 87.9 Å². The number of ether oxygens (including phenoxy) is 1. The minimum Gasteiger partial charge on any atom is -0.383 e. The van der Waals surface area contributed by atoms with E-state index in [9.17, 15) is 13.2 Å². The van der Waals surface area contributed by atoms with Crippen molar-refractivity contribution in [2.75, 3.05) is 52.2 Å². The summed E-state index contributed by atoms with van der Waals surface area (Å²) in [5.74, 6) is 0.273. The molecule has 3 aliphatic heterocycles. The van der Waals surface area contributed by atoms with Crippen molar-refractivity contribution >= 4 is 15.9 Å². The molecule has 3 fully saturated rings. The maximum Gasteiger partial charge on any atom is 0.237 e. The minimum atomic E-state index is -3.29. The smallest absolute Gasteiger partial charge is 0.237 e. The quantitative estimate of drug-likeness (QED) is 0.495. The largest absolute Gasteiger partial charge is 0.383 e. The van der Waals surface area contributed by atoms with Gasteiger partial charge in [0.1, 0.15) is 5.54 Å². The summed E-state index contributed by atoms with van der Waals surface area (Å²) < 4.78 is 32.9. The number of carbonyl (C=O) groups excluding carboxylic acids is 1. The summed E-state index contributed by atoms with van der Waals surface area (Å²) in [5, 5.41) is 0. The van der Waals surface area contributed by atoms with E-state index in [0.717, 1.165) is 71.2 Å². The number of nitrogens with one attached hydrogen (secondary N) is 1. The van der Waals surface area contributed by atoms with Gasteiger partial charge in [-0.05, 0) is 70.4 Å². The van der Waals surface area contributed by atoms with Crippen LogP contribution in [0.25, 0.3) is 0 Å². The van der Waals surface area contributed by atoms with Gasteiger partial charge < -0.3 is 15.4 Å². The Kier molecular flexibility index (Phi) is 7.94. The third-order valence-corrected chi connectivity index (χ3v) is 8.62. The Hall–Kier alpha value is -0.740. The minimum absolute atomic E-state index is 0.109. The molecule has 29 heavy (non-hydrogen) atoms. The molecule has 9 heteroatoms. The maximum absolute atomic E-state index is 12.5. The summed E-state index contributed by atoms with van der Waals surface area (Å²) in [4.78, 5) is 16.7. The van der Waals surface area contributed by atoms with Gasteiger partial charge in [0.15, 0.2) is 0 Å². The molecule has 3 rings (SSSR count). The van der Waals surface area contributed by atoms with Crippen LogP contribution in [0.4, 0.5) is 0 Å². The Morgan fingerprint density at radius 2 is 1.93 bits per heavy atom. The fourth-order valence-electron chi connectivity index (χ4n) is 5.41. The number of piperidine rings is 2. The fraction of sp³-hybridized carbons (Fsp3) is 0.950. The van der Waals surface area contributed by atoms with E-state index in [4.69, 9.17) is 10.5 Å². The molecule has 0 spiro atoms. The number of fused-ring (bicyclic) bond motifs is 2. The third kappa shape index (κ3) is 5.70. The van der Waals surface area contributed by atoms with Crippen molar-refractivity contribution in [3.05, 3.63) is 0 Å². The van der Waals surface area contributed by atoms with Crippen molar-refractivity contribution in [3.63, 3.8) is 0 Å². The van der Waals surface area contributed by atoms with Gasteiger partial charge in [-0.3, -0.25) is 9.69 Å². The Morgan fingerprint density at radius 1 is 1.17 bits per heavy atom. The maximum atomic E-state index is 12.5. The molecule has 3 saturated heterocycles. The van der Waals surface area contributed by atoms with E-state index >= 15 is 0 Å². The first-order valence-corrected chi connectivity index (χ1v) is 12.8. The number of hydrogen-bond acceptors (Lipinski definition) is 6. The predicted molar refractivity (Wildman–Crippen MR) is 113 cm³/mol. The molecule has 3 heterocycles. The molecule has 0 aromatic heterocycles. The lowest BCUT2D eigenvalue weighted by Crippen LogP contribution is -2.58. The van der Waals surface area contributed by atoms with Crippen molar-refractivity contribution in [1.29, 1.82) is 0 Å². The third-order valence-electron chi connectivity index (χ3n) is 7.19. The number of nitrogens with two attached hydrogens (primary N) is 1. The molecule has 8 nitrogen and oxygen atoms in total. The van der Waals surface area contributed by atoms with Crippen LogP contribution in [0.15, 0.2) is 0 Å². The van der Waals surface area contributed by atoms with Crippen LogP contribution in [0.2, 0.25) is 0 Å². The molecule has 0 radical (unpaired) electrons. The average molecular weight is 431 g/mol. The molecule has 0 aromatic carbocycles. The number of rotatable bonds is 11. The van der Waals surface area contributed by atoms with Crippen molar-refractivity contribution in [2.45, 2.75) is 62.9 Å². The number of nitrogens with zero attached hydrogens (tertiary/aromatic N) is 2. The summed E-state index contributed by atoms with van der Waals surface area (Å²) in [6.07, 6.45) is 7.32. The number of likely N-dealkylation sites (tertiary alicyclic amines) is 1. The Morgan fingerprint density at radius 3 is 2.62 bits per heavy atom. The Bertz CT molecular complexity index is 647.